The first-order chi connectivity index (χ1) is 20.8. The van der Waals surface area contributed by atoms with Crippen molar-refractivity contribution in [2.24, 2.45) is 0 Å². The van der Waals surface area contributed by atoms with Crippen molar-refractivity contribution in [1.82, 2.24) is 5.32 Å². The van der Waals surface area contributed by atoms with Gasteiger partial charge in [-0.05, 0) is 91.7 Å². The lowest BCUT2D eigenvalue weighted by molar-refractivity contribution is -0.116. The summed E-state index contributed by atoms with van der Waals surface area (Å²) in [5.74, 6) is -0.839. The van der Waals surface area contributed by atoms with E-state index >= 15 is 0 Å². The molecule has 0 bridgehead atoms. The molecule has 4 aromatic rings. The molecule has 0 saturated heterocycles. The van der Waals surface area contributed by atoms with Crippen LogP contribution >= 0.6 is 11.8 Å². The molecule has 0 heterocycles. The van der Waals surface area contributed by atoms with Gasteiger partial charge < -0.3 is 20.7 Å². The van der Waals surface area contributed by atoms with Crippen molar-refractivity contribution < 1.29 is 23.5 Å². The fourth-order valence-electron chi connectivity index (χ4n) is 4.02. The van der Waals surface area contributed by atoms with Gasteiger partial charge in [-0.1, -0.05) is 43.3 Å². The van der Waals surface area contributed by atoms with Gasteiger partial charge in [-0.25, -0.2) is 4.39 Å². The summed E-state index contributed by atoms with van der Waals surface area (Å²) >= 11 is 1.38. The van der Waals surface area contributed by atoms with Crippen molar-refractivity contribution in [1.29, 1.82) is 0 Å². The summed E-state index contributed by atoms with van der Waals surface area (Å²) < 4.78 is 18.9. The first-order valence-corrected chi connectivity index (χ1v) is 14.7. The number of benzene rings is 4. The quantitative estimate of drug-likeness (QED) is 0.119. The van der Waals surface area contributed by atoms with Gasteiger partial charge in [0.25, 0.3) is 11.8 Å². The van der Waals surface area contributed by atoms with Crippen LogP contribution in [0.1, 0.15) is 36.2 Å². The number of hydrogen-bond donors (Lipinski definition) is 3. The van der Waals surface area contributed by atoms with Crippen LogP contribution in [0.3, 0.4) is 0 Å². The third kappa shape index (κ3) is 9.31. The summed E-state index contributed by atoms with van der Waals surface area (Å²) in [7, 11) is 0. The molecule has 0 spiro atoms. The largest absolute Gasteiger partial charge is 0.494 e. The number of amides is 3. The second kappa shape index (κ2) is 15.4. The Kier molecular flexibility index (Phi) is 11.1. The van der Waals surface area contributed by atoms with Crippen LogP contribution in [0.2, 0.25) is 0 Å². The molecule has 1 atom stereocenters. The van der Waals surface area contributed by atoms with Crippen LogP contribution in [0.5, 0.6) is 5.75 Å². The molecule has 43 heavy (non-hydrogen) atoms. The normalized spacial score (nSPS) is 11.7. The highest BCUT2D eigenvalue weighted by molar-refractivity contribution is 8.00. The molecule has 0 aromatic heterocycles. The maximum absolute atomic E-state index is 13.5. The lowest BCUT2D eigenvalue weighted by atomic mass is 10.1. The van der Waals surface area contributed by atoms with Crippen molar-refractivity contribution in [3.8, 4) is 5.75 Å². The average Bonchev–Trinajstić information content (AvgIpc) is 3.02. The molecule has 0 saturated carbocycles. The lowest BCUT2D eigenvalue weighted by Crippen LogP contribution is -2.30. The molecule has 3 N–H and O–H groups in total. The fraction of sp³-hybridized carbons (Fsp3) is 0.147. The van der Waals surface area contributed by atoms with Crippen molar-refractivity contribution in [3.63, 3.8) is 0 Å². The Balaban J connectivity index is 1.46. The summed E-state index contributed by atoms with van der Waals surface area (Å²) in [6.07, 6.45) is 2.06. The molecule has 0 fully saturated rings. The third-order valence-corrected chi connectivity index (χ3v) is 7.53. The molecular formula is C34H32FN3O4S. The average molecular weight is 598 g/mol. The summed E-state index contributed by atoms with van der Waals surface area (Å²) in [5.41, 5.74) is 2.06. The Morgan fingerprint density at radius 1 is 0.837 bits per heavy atom. The maximum Gasteiger partial charge on any atom is 0.272 e. The van der Waals surface area contributed by atoms with Crippen LogP contribution in [0.15, 0.2) is 114 Å². The molecule has 0 radical (unpaired) electrons. The molecule has 0 aliphatic rings. The molecule has 0 aliphatic heterocycles. The molecule has 1 unspecified atom stereocenters. The van der Waals surface area contributed by atoms with Crippen molar-refractivity contribution >= 4 is 46.9 Å². The van der Waals surface area contributed by atoms with E-state index in [1.807, 2.05) is 19.9 Å². The summed E-state index contributed by atoms with van der Waals surface area (Å²) in [5, 5.41) is 8.06. The predicted octanol–water partition coefficient (Wildman–Crippen LogP) is 7.14. The molecule has 7 nitrogen and oxygen atoms in total. The Bertz CT molecular complexity index is 1580. The molecule has 220 valence electrons. The van der Waals surface area contributed by atoms with Crippen molar-refractivity contribution in [2.45, 2.75) is 30.4 Å². The molecule has 4 rings (SSSR count). The topological polar surface area (TPSA) is 96.5 Å². The summed E-state index contributed by atoms with van der Waals surface area (Å²) in [6.45, 7) is 4.41. The predicted molar refractivity (Wildman–Crippen MR) is 170 cm³/mol. The maximum atomic E-state index is 13.5. The lowest BCUT2D eigenvalue weighted by Gasteiger charge is -2.16. The van der Waals surface area contributed by atoms with Crippen LogP contribution in [-0.4, -0.2) is 29.6 Å². The highest BCUT2D eigenvalue weighted by atomic mass is 32.2. The van der Waals surface area contributed by atoms with E-state index < -0.39 is 17.6 Å². The number of halogens is 1. The van der Waals surface area contributed by atoms with E-state index in [-0.39, 0.29) is 16.9 Å². The molecule has 4 aromatic carbocycles. The van der Waals surface area contributed by atoms with Crippen LogP contribution < -0.4 is 20.7 Å². The molecule has 9 heteroatoms. The van der Waals surface area contributed by atoms with Gasteiger partial charge in [0.1, 0.15) is 17.3 Å². The zero-order chi connectivity index (χ0) is 30.6. The number of nitrogens with one attached hydrogen (secondary N) is 3. The second-order valence-electron chi connectivity index (χ2n) is 9.37. The van der Waals surface area contributed by atoms with Gasteiger partial charge in [0.05, 0.1) is 11.9 Å². The SMILES string of the molecule is CCOc1ccc(NC(=O)C(CC)Sc2cccc(NC(=O)/C(=C/c3ccc(F)cc3)NC(=O)c3ccccc3)c2)cc1. The second-order valence-corrected chi connectivity index (χ2v) is 10.6. The number of carbonyl (C=O) groups is 3. The first-order valence-electron chi connectivity index (χ1n) is 13.8. The Hall–Kier alpha value is -4.89. The first kappa shape index (κ1) is 31.1. The van der Waals surface area contributed by atoms with Gasteiger partial charge in [-0.15, -0.1) is 11.8 Å². The van der Waals surface area contributed by atoms with Crippen LogP contribution in [-0.2, 0) is 9.59 Å². The van der Waals surface area contributed by atoms with Gasteiger partial charge in [0.2, 0.25) is 5.91 Å². The van der Waals surface area contributed by atoms with E-state index in [9.17, 15) is 18.8 Å². The Labute approximate surface area is 254 Å². The van der Waals surface area contributed by atoms with Gasteiger partial charge in [0, 0.05) is 21.8 Å². The zero-order valence-electron chi connectivity index (χ0n) is 23.8. The minimum Gasteiger partial charge on any atom is -0.494 e. The number of thioether (sulfide) groups is 1. The summed E-state index contributed by atoms with van der Waals surface area (Å²) in [6, 6.07) is 28.4. The van der Waals surface area contributed by atoms with Crippen molar-refractivity contribution in [3.05, 3.63) is 126 Å². The van der Waals surface area contributed by atoms with Crippen LogP contribution in [0, 0.1) is 5.82 Å². The van der Waals surface area contributed by atoms with E-state index in [0.717, 1.165) is 10.6 Å². The fourth-order valence-corrected chi connectivity index (χ4v) is 5.04. The number of ether oxygens (including phenoxy) is 1. The Morgan fingerprint density at radius 2 is 1.56 bits per heavy atom. The highest BCUT2D eigenvalue weighted by Gasteiger charge is 2.19. The Morgan fingerprint density at radius 3 is 2.23 bits per heavy atom. The van der Waals surface area contributed by atoms with Gasteiger partial charge in [-0.2, -0.15) is 0 Å². The number of hydrogen-bond acceptors (Lipinski definition) is 5. The van der Waals surface area contributed by atoms with Gasteiger partial charge in [0.15, 0.2) is 0 Å². The van der Waals surface area contributed by atoms with Crippen LogP contribution in [0.25, 0.3) is 6.08 Å². The minimum atomic E-state index is -0.559. The van der Waals surface area contributed by atoms with Crippen molar-refractivity contribution in [2.75, 3.05) is 17.2 Å². The van der Waals surface area contributed by atoms with Crippen LogP contribution in [0.4, 0.5) is 15.8 Å². The zero-order valence-corrected chi connectivity index (χ0v) is 24.6. The van der Waals surface area contributed by atoms with Gasteiger partial charge in [-0.3, -0.25) is 14.4 Å². The van der Waals surface area contributed by atoms with E-state index in [1.54, 1.807) is 72.8 Å². The minimum absolute atomic E-state index is 0.0142. The van der Waals surface area contributed by atoms with E-state index in [2.05, 4.69) is 16.0 Å². The van der Waals surface area contributed by atoms with Gasteiger partial charge >= 0.3 is 0 Å². The molecule has 3 amide bonds. The smallest absolute Gasteiger partial charge is 0.272 e. The number of rotatable bonds is 12. The standard InChI is InChI=1S/C34H32FN3O4S/c1-3-31(34(41)36-26-17-19-28(20-18-26)42-4-2)43-29-12-8-11-27(22-29)37-33(40)30(21-23-13-15-25(35)16-14-23)38-32(39)24-9-6-5-7-10-24/h5-22,31H,3-4H2,1-2H3,(H,36,41)(H,37,40)(H,38,39)/b30-21-. The number of anilines is 2. The van der Waals surface area contributed by atoms with E-state index in [4.69, 9.17) is 4.74 Å². The highest BCUT2D eigenvalue weighted by Crippen LogP contribution is 2.29. The molecular weight excluding hydrogens is 565 g/mol. The molecule has 0 aliphatic carbocycles. The number of carbonyl (C=O) groups excluding carboxylic acids is 3. The van der Waals surface area contributed by atoms with E-state index in [1.165, 1.54) is 42.1 Å². The monoisotopic (exact) mass is 597 g/mol. The van der Waals surface area contributed by atoms with E-state index in [0.29, 0.717) is 35.5 Å². The summed E-state index contributed by atoms with van der Waals surface area (Å²) in [4.78, 5) is 40.0. The third-order valence-electron chi connectivity index (χ3n) is 6.18.